The third kappa shape index (κ3) is 30.5. The van der Waals surface area contributed by atoms with Crippen LogP contribution in [0.5, 0.6) is 0 Å². The van der Waals surface area contributed by atoms with Crippen molar-refractivity contribution in [3.8, 4) is 0 Å². The highest BCUT2D eigenvalue weighted by molar-refractivity contribution is 5.84. The predicted octanol–water partition coefficient (Wildman–Crippen LogP) is -0.817. The number of guanidine groups is 2. The van der Waals surface area contributed by atoms with Gasteiger partial charge in [-0.25, -0.2) is 0 Å². The number of Topliss-reactive ketones (excluding diaryl/α,β-unsaturated/α-hetero) is 2. The minimum Gasteiger partial charge on any atom is -0.383 e. The number of hydrogen-bond donors (Lipinski definition) is 10. The zero-order chi connectivity index (χ0) is 41.3. The second-order valence-electron chi connectivity index (χ2n) is 14.3. The quantitative estimate of drug-likeness (QED) is 0.0209. The minimum atomic E-state index is -0.596. The second kappa shape index (κ2) is 33.9. The van der Waals surface area contributed by atoms with Crippen molar-refractivity contribution in [2.24, 2.45) is 55.9 Å². The molecule has 0 saturated heterocycles. The molecule has 0 aromatic heterocycles. The Bertz CT molecular complexity index is 1020. The maximum atomic E-state index is 12.5. The van der Waals surface area contributed by atoms with Gasteiger partial charge in [-0.2, -0.15) is 0 Å². The average Bonchev–Trinajstić information content (AvgIpc) is 3.14. The van der Waals surface area contributed by atoms with Crippen LogP contribution in [0.1, 0.15) is 116 Å². The van der Waals surface area contributed by atoms with Gasteiger partial charge in [0.05, 0.1) is 30.8 Å². The Morgan fingerprint density at radius 1 is 0.527 bits per heavy atom. The normalized spacial score (nSPS) is 13.4. The first kappa shape index (κ1) is 51.6. The number of ether oxygens (including phenoxy) is 1. The van der Waals surface area contributed by atoms with E-state index in [1.54, 1.807) is 7.11 Å². The van der Waals surface area contributed by atoms with Crippen molar-refractivity contribution in [1.82, 2.24) is 15.5 Å². The third-order valence-corrected chi connectivity index (χ3v) is 9.32. The van der Waals surface area contributed by atoms with Crippen molar-refractivity contribution in [2.45, 2.75) is 140 Å². The van der Waals surface area contributed by atoms with Crippen LogP contribution in [0.3, 0.4) is 0 Å². The van der Waals surface area contributed by atoms with Crippen molar-refractivity contribution in [2.75, 3.05) is 59.5 Å². The third-order valence-electron chi connectivity index (χ3n) is 9.32. The van der Waals surface area contributed by atoms with Gasteiger partial charge in [0.2, 0.25) is 11.8 Å². The van der Waals surface area contributed by atoms with E-state index in [1.165, 1.54) is 0 Å². The molecule has 0 aliphatic heterocycles. The number of carbonyl (C=O) groups excluding carboxylic acids is 4. The molecule has 0 aliphatic rings. The highest BCUT2D eigenvalue weighted by atomic mass is 16.5. The van der Waals surface area contributed by atoms with E-state index in [-0.39, 0.29) is 35.3 Å². The van der Waals surface area contributed by atoms with Gasteiger partial charge in [-0.3, -0.25) is 29.2 Å². The molecule has 0 rings (SSSR count). The van der Waals surface area contributed by atoms with E-state index < -0.39 is 24.2 Å². The molecule has 320 valence electrons. The van der Waals surface area contributed by atoms with Crippen LogP contribution >= 0.6 is 0 Å². The second-order valence-corrected chi connectivity index (χ2v) is 14.3. The molecular formula is C37H77N13O5. The van der Waals surface area contributed by atoms with E-state index in [2.05, 4.69) is 25.5 Å². The zero-order valence-electron chi connectivity index (χ0n) is 33.7. The summed E-state index contributed by atoms with van der Waals surface area (Å²) < 4.78 is 5.26. The van der Waals surface area contributed by atoms with E-state index in [0.717, 1.165) is 96.7 Å². The Hall–Kier alpha value is -3.42. The SMILES string of the molecule is COCCN(CCCNC(=O)[C@@H](N)CCCCCC(=O)[C@@H](N)CCCCN=C(N)N)CCCNC(=O)[C@@H](N)CCCCCC(=O)[C@@H](N)CCCCN=C(N)N. The summed E-state index contributed by atoms with van der Waals surface area (Å²) in [5, 5.41) is 5.86. The fourth-order valence-electron chi connectivity index (χ4n) is 5.85. The largest absolute Gasteiger partial charge is 0.383 e. The topological polar surface area (TPSA) is 338 Å². The number of methoxy groups -OCH3 is 1. The monoisotopic (exact) mass is 784 g/mol. The number of nitrogens with zero attached hydrogens (tertiary/aromatic N) is 3. The number of nitrogens with one attached hydrogen (secondary N) is 2. The van der Waals surface area contributed by atoms with Crippen LogP contribution in [0.2, 0.25) is 0 Å². The predicted molar refractivity (Wildman–Crippen MR) is 221 cm³/mol. The summed E-state index contributed by atoms with van der Waals surface area (Å²) in [6.45, 7) is 4.89. The van der Waals surface area contributed by atoms with Crippen molar-refractivity contribution >= 4 is 35.3 Å². The Balaban J connectivity index is 4.11. The molecular weight excluding hydrogens is 706 g/mol. The maximum absolute atomic E-state index is 12.5. The number of carbonyl (C=O) groups is 4. The van der Waals surface area contributed by atoms with E-state index >= 15 is 0 Å². The molecule has 0 aromatic carbocycles. The molecule has 0 radical (unpaired) electrons. The number of unbranched alkanes of at least 4 members (excludes halogenated alkanes) is 6. The summed E-state index contributed by atoms with van der Waals surface area (Å²) in [4.78, 5) is 59.7. The lowest BCUT2D eigenvalue weighted by Crippen LogP contribution is -2.42. The molecule has 18 N–H and O–H groups in total. The summed E-state index contributed by atoms with van der Waals surface area (Å²) in [6.07, 6.45) is 12.3. The van der Waals surface area contributed by atoms with Crippen LogP contribution in [0, 0.1) is 0 Å². The molecule has 2 amide bonds. The molecule has 0 spiro atoms. The fourth-order valence-corrected chi connectivity index (χ4v) is 5.85. The highest BCUT2D eigenvalue weighted by Crippen LogP contribution is 2.11. The van der Waals surface area contributed by atoms with Gasteiger partial charge >= 0.3 is 0 Å². The van der Waals surface area contributed by atoms with Crippen LogP contribution in [0.15, 0.2) is 9.98 Å². The number of ketones is 2. The van der Waals surface area contributed by atoms with Crippen LogP contribution in [0.25, 0.3) is 0 Å². The first-order valence-corrected chi connectivity index (χ1v) is 20.2. The number of aliphatic imine (C=N–C) groups is 2. The molecule has 0 heterocycles. The van der Waals surface area contributed by atoms with Crippen LogP contribution in [0.4, 0.5) is 0 Å². The lowest BCUT2D eigenvalue weighted by Gasteiger charge is -2.22. The van der Waals surface area contributed by atoms with Gasteiger partial charge in [0.15, 0.2) is 11.9 Å². The van der Waals surface area contributed by atoms with E-state index in [0.29, 0.717) is 71.3 Å². The van der Waals surface area contributed by atoms with Gasteiger partial charge in [-0.1, -0.05) is 25.7 Å². The summed E-state index contributed by atoms with van der Waals surface area (Å²) in [6, 6.07) is -2.14. The average molecular weight is 784 g/mol. The van der Waals surface area contributed by atoms with Crippen LogP contribution < -0.4 is 56.5 Å². The number of rotatable bonds is 37. The van der Waals surface area contributed by atoms with Gasteiger partial charge in [0.1, 0.15) is 11.6 Å². The number of amides is 2. The smallest absolute Gasteiger partial charge is 0.236 e. The number of hydrogen-bond acceptors (Lipinski definition) is 12. The molecule has 55 heavy (non-hydrogen) atoms. The van der Waals surface area contributed by atoms with Gasteiger partial charge in [0.25, 0.3) is 0 Å². The zero-order valence-corrected chi connectivity index (χ0v) is 33.7. The Morgan fingerprint density at radius 2 is 0.909 bits per heavy atom. The molecule has 0 bridgehead atoms. The van der Waals surface area contributed by atoms with Gasteiger partial charge in [0, 0.05) is 52.7 Å². The maximum Gasteiger partial charge on any atom is 0.236 e. The van der Waals surface area contributed by atoms with Crippen LogP contribution in [-0.4, -0.2) is 124 Å². The van der Waals surface area contributed by atoms with Crippen LogP contribution in [-0.2, 0) is 23.9 Å². The minimum absolute atomic E-state index is 0.0504. The molecule has 18 nitrogen and oxygen atoms in total. The van der Waals surface area contributed by atoms with Crippen molar-refractivity contribution in [1.29, 1.82) is 0 Å². The molecule has 0 aromatic rings. The van der Waals surface area contributed by atoms with E-state index in [4.69, 9.17) is 50.6 Å². The summed E-state index contributed by atoms with van der Waals surface area (Å²) in [5.41, 5.74) is 45.5. The van der Waals surface area contributed by atoms with Crippen molar-refractivity contribution < 1.29 is 23.9 Å². The summed E-state index contributed by atoms with van der Waals surface area (Å²) in [5.74, 6) is -0.129. The summed E-state index contributed by atoms with van der Waals surface area (Å²) >= 11 is 0. The lowest BCUT2D eigenvalue weighted by molar-refractivity contribution is -0.123. The molecule has 0 saturated carbocycles. The van der Waals surface area contributed by atoms with E-state index in [9.17, 15) is 19.2 Å². The molecule has 0 unspecified atom stereocenters. The van der Waals surface area contributed by atoms with Crippen molar-refractivity contribution in [3.63, 3.8) is 0 Å². The van der Waals surface area contributed by atoms with Gasteiger partial charge in [-0.15, -0.1) is 0 Å². The first-order valence-electron chi connectivity index (χ1n) is 20.2. The highest BCUT2D eigenvalue weighted by Gasteiger charge is 2.17. The Morgan fingerprint density at radius 3 is 1.29 bits per heavy atom. The molecule has 4 atom stereocenters. The molecule has 18 heteroatoms. The molecule has 0 aliphatic carbocycles. The first-order chi connectivity index (χ1) is 26.3. The summed E-state index contributed by atoms with van der Waals surface area (Å²) in [7, 11) is 1.66. The lowest BCUT2D eigenvalue weighted by atomic mass is 10.0. The Kier molecular flexibility index (Phi) is 31.8. The number of nitrogens with two attached hydrogens (primary N) is 8. The Labute approximate surface area is 329 Å². The van der Waals surface area contributed by atoms with Gasteiger partial charge < -0.3 is 66.1 Å². The van der Waals surface area contributed by atoms with E-state index in [1.807, 2.05) is 0 Å². The van der Waals surface area contributed by atoms with Crippen molar-refractivity contribution in [3.05, 3.63) is 0 Å². The molecule has 0 fully saturated rings. The van der Waals surface area contributed by atoms with Gasteiger partial charge in [-0.05, 0) is 90.1 Å². The standard InChI is InChI=1S/C37H77N13O5/c1-55-27-26-50(24-12-22-46-34(53)30(40)16-4-2-6-18-32(51)28(38)14-8-10-20-48-36(42)43)25-13-23-47-35(54)31(41)17-5-3-7-19-33(52)29(39)15-9-11-21-49-37(44)45/h28-31H,2-27,38-41H2,1H3,(H,46,53)(H,47,54)(H4,42,43,48)(H4,44,45,49)/t28-,29-,30-,31-/m0/s1. The fraction of sp³-hybridized carbons (Fsp3) is 0.838.